The minimum Gasteiger partial charge on any atom is -0.538 e. The maximum atomic E-state index is 12.0. The van der Waals surface area contributed by atoms with Crippen molar-refractivity contribution in [1.29, 1.82) is 0 Å². The van der Waals surface area contributed by atoms with Crippen LogP contribution in [-0.2, 0) is 14.1 Å². The van der Waals surface area contributed by atoms with E-state index in [9.17, 15) is 4.79 Å². The second kappa shape index (κ2) is 5.86. The molecule has 1 aliphatic heterocycles. The molecule has 6 unspecified atom stereocenters. The highest BCUT2D eigenvalue weighted by Gasteiger charge is 2.59. The SMILES string of the molecule is CB1OC/C(=C2/CCC3C4CCC5CC(=O)CCC5(C)C4CCC23C)O1. The van der Waals surface area contributed by atoms with Gasteiger partial charge >= 0.3 is 7.12 Å². The molecular formula is C22H33BO3. The lowest BCUT2D eigenvalue weighted by Crippen LogP contribution is -2.53. The number of Topliss-reactive ketones (excluding diaryl/α,β-unsaturated/α-hetero) is 1. The van der Waals surface area contributed by atoms with Crippen molar-refractivity contribution in [3.8, 4) is 0 Å². The van der Waals surface area contributed by atoms with Crippen LogP contribution in [0.4, 0.5) is 0 Å². The normalized spacial score (nSPS) is 50.9. The molecule has 1 heterocycles. The molecule has 5 fully saturated rings. The first kappa shape index (κ1) is 17.3. The average molecular weight is 356 g/mol. The zero-order chi connectivity index (χ0) is 18.1. The van der Waals surface area contributed by atoms with Gasteiger partial charge in [0.25, 0.3) is 0 Å². The first-order valence-electron chi connectivity index (χ1n) is 10.9. The number of carbonyl (C=O) groups is 1. The van der Waals surface area contributed by atoms with Gasteiger partial charge in [-0.05, 0) is 91.8 Å². The van der Waals surface area contributed by atoms with Gasteiger partial charge in [0.05, 0.1) is 6.61 Å². The maximum absolute atomic E-state index is 12.0. The minimum atomic E-state index is -0.0781. The van der Waals surface area contributed by atoms with E-state index in [0.717, 1.165) is 42.8 Å². The Labute approximate surface area is 158 Å². The fraction of sp³-hybridized carbons (Fsp3) is 0.864. The molecule has 26 heavy (non-hydrogen) atoms. The summed E-state index contributed by atoms with van der Waals surface area (Å²) in [5, 5.41) is 0. The van der Waals surface area contributed by atoms with Crippen molar-refractivity contribution in [1.82, 2.24) is 0 Å². The van der Waals surface area contributed by atoms with Crippen LogP contribution in [0.1, 0.15) is 71.6 Å². The summed E-state index contributed by atoms with van der Waals surface area (Å²) in [5.74, 6) is 4.81. The summed E-state index contributed by atoms with van der Waals surface area (Å²) in [6.07, 6.45) is 10.6. The van der Waals surface area contributed by atoms with Crippen LogP contribution in [0.25, 0.3) is 0 Å². The zero-order valence-electron chi connectivity index (χ0n) is 16.7. The molecule has 4 heteroatoms. The van der Waals surface area contributed by atoms with Crippen LogP contribution in [0.2, 0.25) is 6.82 Å². The molecule has 5 aliphatic rings. The van der Waals surface area contributed by atoms with E-state index in [1.807, 2.05) is 6.82 Å². The first-order chi connectivity index (χ1) is 12.4. The molecule has 0 aromatic heterocycles. The Hall–Kier alpha value is -0.765. The Bertz CT molecular complexity index is 658. The van der Waals surface area contributed by atoms with Crippen molar-refractivity contribution in [3.63, 3.8) is 0 Å². The van der Waals surface area contributed by atoms with Crippen LogP contribution in [0.15, 0.2) is 11.3 Å². The van der Waals surface area contributed by atoms with E-state index in [1.165, 1.54) is 38.5 Å². The van der Waals surface area contributed by atoms with Gasteiger partial charge in [-0.1, -0.05) is 13.8 Å². The van der Waals surface area contributed by atoms with Crippen LogP contribution in [0.5, 0.6) is 0 Å². The molecule has 4 aliphatic carbocycles. The van der Waals surface area contributed by atoms with Crippen LogP contribution in [0, 0.1) is 34.5 Å². The molecule has 0 amide bonds. The van der Waals surface area contributed by atoms with E-state index in [0.29, 0.717) is 29.1 Å². The molecule has 3 nitrogen and oxygen atoms in total. The second-order valence-electron chi connectivity index (χ2n) is 10.3. The van der Waals surface area contributed by atoms with Gasteiger partial charge in [-0.2, -0.15) is 0 Å². The lowest BCUT2D eigenvalue weighted by Gasteiger charge is -2.59. The monoisotopic (exact) mass is 356 g/mol. The maximum Gasteiger partial charge on any atom is 0.522 e. The number of carbonyl (C=O) groups excluding carboxylic acids is 1. The van der Waals surface area contributed by atoms with Crippen molar-refractivity contribution >= 4 is 12.9 Å². The van der Waals surface area contributed by atoms with E-state index in [4.69, 9.17) is 9.31 Å². The number of rotatable bonds is 0. The van der Waals surface area contributed by atoms with Gasteiger partial charge in [0.2, 0.25) is 0 Å². The molecule has 0 aromatic carbocycles. The molecule has 0 aromatic rings. The molecule has 0 spiro atoms. The first-order valence-corrected chi connectivity index (χ1v) is 10.9. The van der Waals surface area contributed by atoms with E-state index in [2.05, 4.69) is 13.8 Å². The van der Waals surface area contributed by atoms with Gasteiger partial charge in [-0.15, -0.1) is 0 Å². The van der Waals surface area contributed by atoms with E-state index in [-0.39, 0.29) is 7.12 Å². The highest BCUT2D eigenvalue weighted by molar-refractivity contribution is 6.43. The van der Waals surface area contributed by atoms with Gasteiger partial charge in [0.1, 0.15) is 11.5 Å². The standard InChI is InChI=1S/C22H33BO3/c1-21-10-8-15(24)12-14(21)4-5-16-17-6-7-19(20-13-25-23(3)26-20)22(17,2)11-9-18(16)21/h14,16-18H,4-13H2,1-3H3/b20-19+. The predicted molar refractivity (Wildman–Crippen MR) is 102 cm³/mol. The van der Waals surface area contributed by atoms with E-state index < -0.39 is 0 Å². The number of allylic oxidation sites excluding steroid dienone is 1. The van der Waals surface area contributed by atoms with Gasteiger partial charge in [-0.3, -0.25) is 4.79 Å². The van der Waals surface area contributed by atoms with Gasteiger partial charge in [0.15, 0.2) is 0 Å². The molecular weight excluding hydrogens is 323 g/mol. The van der Waals surface area contributed by atoms with Crippen molar-refractivity contribution in [3.05, 3.63) is 11.3 Å². The third-order valence-corrected chi connectivity index (χ3v) is 9.36. The van der Waals surface area contributed by atoms with E-state index >= 15 is 0 Å². The smallest absolute Gasteiger partial charge is 0.522 e. The summed E-state index contributed by atoms with van der Waals surface area (Å²) in [5.41, 5.74) is 2.31. The largest absolute Gasteiger partial charge is 0.538 e. The third kappa shape index (κ3) is 2.33. The summed E-state index contributed by atoms with van der Waals surface area (Å²) in [6, 6.07) is 0. The molecule has 0 bridgehead atoms. The van der Waals surface area contributed by atoms with Gasteiger partial charge in [-0.25, -0.2) is 0 Å². The zero-order valence-corrected chi connectivity index (χ0v) is 16.7. The van der Waals surface area contributed by atoms with Crippen molar-refractivity contribution in [2.24, 2.45) is 34.5 Å². The molecule has 4 saturated carbocycles. The van der Waals surface area contributed by atoms with Crippen molar-refractivity contribution < 1.29 is 14.1 Å². The Kier molecular flexibility index (Phi) is 3.91. The van der Waals surface area contributed by atoms with Gasteiger partial charge in [0, 0.05) is 12.8 Å². The molecule has 6 atom stereocenters. The van der Waals surface area contributed by atoms with Crippen LogP contribution in [0.3, 0.4) is 0 Å². The summed E-state index contributed by atoms with van der Waals surface area (Å²) < 4.78 is 11.7. The fourth-order valence-corrected chi connectivity index (χ4v) is 7.94. The molecule has 5 rings (SSSR count). The summed E-state index contributed by atoms with van der Waals surface area (Å²) >= 11 is 0. The molecule has 1 saturated heterocycles. The minimum absolute atomic E-state index is 0.0781. The molecule has 142 valence electrons. The Morgan fingerprint density at radius 3 is 2.65 bits per heavy atom. The molecule has 0 N–H and O–H groups in total. The lowest BCUT2D eigenvalue weighted by atomic mass is 9.45. The lowest BCUT2D eigenvalue weighted by molar-refractivity contribution is -0.136. The third-order valence-electron chi connectivity index (χ3n) is 9.36. The second-order valence-corrected chi connectivity index (χ2v) is 10.3. The fourth-order valence-electron chi connectivity index (χ4n) is 7.94. The number of hydrogen-bond acceptors (Lipinski definition) is 3. The Morgan fingerprint density at radius 2 is 1.88 bits per heavy atom. The Morgan fingerprint density at radius 1 is 1.04 bits per heavy atom. The summed E-state index contributed by atoms with van der Waals surface area (Å²) in [6.45, 7) is 7.74. The number of hydrogen-bond donors (Lipinski definition) is 0. The average Bonchev–Trinajstić information content (AvgIpc) is 3.18. The number of ketones is 1. The number of fused-ring (bicyclic) bond motifs is 5. The van der Waals surface area contributed by atoms with Gasteiger partial charge < -0.3 is 9.31 Å². The highest BCUT2D eigenvalue weighted by Crippen LogP contribution is 2.67. The topological polar surface area (TPSA) is 35.5 Å². The van der Waals surface area contributed by atoms with Crippen molar-refractivity contribution in [2.75, 3.05) is 6.61 Å². The molecule has 0 radical (unpaired) electrons. The summed E-state index contributed by atoms with van der Waals surface area (Å²) in [4.78, 5) is 12.0. The van der Waals surface area contributed by atoms with Crippen LogP contribution in [-0.4, -0.2) is 19.5 Å². The predicted octanol–water partition coefficient (Wildman–Crippen LogP) is 5.02. The summed E-state index contributed by atoms with van der Waals surface area (Å²) in [7, 11) is -0.0781. The Balaban J connectivity index is 1.44. The van der Waals surface area contributed by atoms with Crippen LogP contribution < -0.4 is 0 Å². The highest BCUT2D eigenvalue weighted by atomic mass is 16.6. The van der Waals surface area contributed by atoms with E-state index in [1.54, 1.807) is 5.57 Å². The van der Waals surface area contributed by atoms with Crippen molar-refractivity contribution in [2.45, 2.75) is 78.5 Å². The quantitative estimate of drug-likeness (QED) is 0.572. The van der Waals surface area contributed by atoms with Crippen LogP contribution >= 0.6 is 0 Å².